The fourth-order valence-corrected chi connectivity index (χ4v) is 1.62. The van der Waals surface area contributed by atoms with Crippen LogP contribution in [0, 0.1) is 6.92 Å². The fraction of sp³-hybridized carbons (Fsp3) is 0.500. The van der Waals surface area contributed by atoms with Crippen molar-refractivity contribution < 1.29 is 14.6 Å². The van der Waals surface area contributed by atoms with Crippen molar-refractivity contribution in [1.82, 2.24) is 0 Å². The molecule has 0 saturated carbocycles. The highest BCUT2D eigenvalue weighted by atomic mass is 16.5. The average Bonchev–Trinajstić information content (AvgIpc) is 2.29. The predicted molar refractivity (Wildman–Crippen MR) is 62.9 cm³/mol. The quantitative estimate of drug-likeness (QED) is 0.795. The molecule has 0 saturated heterocycles. The van der Waals surface area contributed by atoms with Crippen LogP contribution in [0.15, 0.2) is 12.1 Å². The van der Waals surface area contributed by atoms with Crippen LogP contribution in [0.2, 0.25) is 0 Å². The number of benzene rings is 1. The lowest BCUT2D eigenvalue weighted by atomic mass is 10.0. The first kappa shape index (κ1) is 12.8. The van der Waals surface area contributed by atoms with Crippen LogP contribution in [0.5, 0.6) is 11.5 Å². The molecule has 3 N–H and O–H groups in total. The molecular weight excluding hydrogens is 206 g/mol. The number of methoxy groups -OCH3 is 2. The highest BCUT2D eigenvalue weighted by Crippen LogP contribution is 2.32. The minimum Gasteiger partial charge on any atom is -0.496 e. The van der Waals surface area contributed by atoms with E-state index in [4.69, 9.17) is 15.2 Å². The van der Waals surface area contributed by atoms with Crippen LogP contribution < -0.4 is 15.2 Å². The van der Waals surface area contributed by atoms with Crippen LogP contribution in [0.3, 0.4) is 0 Å². The molecule has 1 aromatic rings. The molecule has 0 aliphatic rings. The van der Waals surface area contributed by atoms with Crippen LogP contribution in [0.25, 0.3) is 0 Å². The first-order valence-corrected chi connectivity index (χ1v) is 5.24. The molecule has 0 amide bonds. The van der Waals surface area contributed by atoms with Crippen LogP contribution in [0.4, 0.5) is 0 Å². The fourth-order valence-electron chi connectivity index (χ4n) is 1.62. The van der Waals surface area contributed by atoms with Crippen molar-refractivity contribution >= 4 is 0 Å². The Morgan fingerprint density at radius 2 is 1.75 bits per heavy atom. The molecule has 0 aromatic heterocycles. The highest BCUT2D eigenvalue weighted by molar-refractivity contribution is 5.47. The van der Waals surface area contributed by atoms with Crippen molar-refractivity contribution in [2.45, 2.75) is 19.4 Å². The standard InChI is InChI=1S/C12H19NO3/c1-8-11(15-2)6-9(7-12(8)16-3)10(14)4-5-13/h6-7,10,14H,4-5,13H2,1-3H3/t10-/m0/s1. The predicted octanol–water partition coefficient (Wildman–Crippen LogP) is 1.39. The Kier molecular flexibility index (Phi) is 4.58. The van der Waals surface area contributed by atoms with Gasteiger partial charge in [0.2, 0.25) is 0 Å². The van der Waals surface area contributed by atoms with E-state index in [1.807, 2.05) is 19.1 Å². The first-order valence-electron chi connectivity index (χ1n) is 5.24. The summed E-state index contributed by atoms with van der Waals surface area (Å²) >= 11 is 0. The Labute approximate surface area is 96.0 Å². The van der Waals surface area contributed by atoms with Gasteiger partial charge in [-0.15, -0.1) is 0 Å². The minimum atomic E-state index is -0.576. The van der Waals surface area contributed by atoms with Gasteiger partial charge in [0.25, 0.3) is 0 Å². The summed E-state index contributed by atoms with van der Waals surface area (Å²) in [6, 6.07) is 3.64. The van der Waals surface area contributed by atoms with E-state index in [2.05, 4.69) is 0 Å². The summed E-state index contributed by atoms with van der Waals surface area (Å²) in [5, 5.41) is 9.86. The molecule has 0 fully saturated rings. The molecule has 90 valence electrons. The molecule has 0 heterocycles. The number of ether oxygens (including phenoxy) is 2. The topological polar surface area (TPSA) is 64.7 Å². The van der Waals surface area contributed by atoms with Crippen LogP contribution in [0.1, 0.15) is 23.7 Å². The summed E-state index contributed by atoms with van der Waals surface area (Å²) in [4.78, 5) is 0. The summed E-state index contributed by atoms with van der Waals surface area (Å²) < 4.78 is 10.5. The molecule has 0 unspecified atom stereocenters. The zero-order valence-corrected chi connectivity index (χ0v) is 9.99. The first-order chi connectivity index (χ1) is 7.63. The maximum Gasteiger partial charge on any atom is 0.125 e. The smallest absolute Gasteiger partial charge is 0.125 e. The molecule has 0 aliphatic carbocycles. The third-order valence-corrected chi connectivity index (χ3v) is 2.60. The number of hydrogen-bond donors (Lipinski definition) is 2. The van der Waals surface area contributed by atoms with E-state index < -0.39 is 6.10 Å². The second-order valence-electron chi connectivity index (χ2n) is 3.64. The number of aliphatic hydroxyl groups excluding tert-OH is 1. The van der Waals surface area contributed by atoms with Gasteiger partial charge >= 0.3 is 0 Å². The van der Waals surface area contributed by atoms with Gasteiger partial charge in [0.05, 0.1) is 20.3 Å². The Morgan fingerprint density at radius 3 is 2.12 bits per heavy atom. The van der Waals surface area contributed by atoms with Crippen molar-refractivity contribution in [3.63, 3.8) is 0 Å². The second kappa shape index (κ2) is 5.72. The second-order valence-corrected chi connectivity index (χ2v) is 3.64. The van der Waals surface area contributed by atoms with Gasteiger partial charge in [-0.05, 0) is 37.6 Å². The van der Waals surface area contributed by atoms with Crippen molar-refractivity contribution in [1.29, 1.82) is 0 Å². The largest absolute Gasteiger partial charge is 0.496 e. The van der Waals surface area contributed by atoms with Gasteiger partial charge in [0, 0.05) is 5.56 Å². The molecule has 1 atom stereocenters. The molecule has 0 radical (unpaired) electrons. The summed E-state index contributed by atoms with van der Waals surface area (Å²) in [5.41, 5.74) is 7.11. The van der Waals surface area contributed by atoms with Crippen LogP contribution >= 0.6 is 0 Å². The Balaban J connectivity index is 3.11. The molecular formula is C12H19NO3. The third-order valence-electron chi connectivity index (χ3n) is 2.60. The van der Waals surface area contributed by atoms with Gasteiger partial charge in [-0.2, -0.15) is 0 Å². The molecule has 0 aliphatic heterocycles. The van der Waals surface area contributed by atoms with Crippen molar-refractivity contribution in [3.05, 3.63) is 23.3 Å². The van der Waals surface area contributed by atoms with E-state index in [0.29, 0.717) is 24.5 Å². The van der Waals surface area contributed by atoms with E-state index in [1.54, 1.807) is 14.2 Å². The molecule has 1 rings (SSSR count). The average molecular weight is 225 g/mol. The van der Waals surface area contributed by atoms with E-state index in [1.165, 1.54) is 0 Å². The number of aliphatic hydroxyl groups is 1. The maximum absolute atomic E-state index is 9.86. The molecule has 1 aromatic carbocycles. The lowest BCUT2D eigenvalue weighted by molar-refractivity contribution is 0.169. The lowest BCUT2D eigenvalue weighted by Crippen LogP contribution is -2.07. The molecule has 0 spiro atoms. The third kappa shape index (κ3) is 2.65. The van der Waals surface area contributed by atoms with E-state index in [-0.39, 0.29) is 0 Å². The summed E-state index contributed by atoms with van der Waals surface area (Å²) in [5.74, 6) is 1.43. The van der Waals surface area contributed by atoms with E-state index in [9.17, 15) is 5.11 Å². The van der Waals surface area contributed by atoms with Gasteiger partial charge in [0.1, 0.15) is 11.5 Å². The minimum absolute atomic E-state index is 0.444. The van der Waals surface area contributed by atoms with Crippen molar-refractivity contribution in [2.75, 3.05) is 20.8 Å². The van der Waals surface area contributed by atoms with Crippen LogP contribution in [-0.4, -0.2) is 25.9 Å². The van der Waals surface area contributed by atoms with E-state index in [0.717, 1.165) is 11.1 Å². The maximum atomic E-state index is 9.86. The normalized spacial score (nSPS) is 12.3. The summed E-state index contributed by atoms with van der Waals surface area (Å²) in [6.07, 6.45) is -0.0524. The van der Waals surface area contributed by atoms with Crippen molar-refractivity contribution in [2.24, 2.45) is 5.73 Å². The van der Waals surface area contributed by atoms with Gasteiger partial charge < -0.3 is 20.3 Å². The Morgan fingerprint density at radius 1 is 1.25 bits per heavy atom. The molecule has 16 heavy (non-hydrogen) atoms. The van der Waals surface area contributed by atoms with Gasteiger partial charge in [0.15, 0.2) is 0 Å². The molecule has 4 heteroatoms. The molecule has 0 bridgehead atoms. The van der Waals surface area contributed by atoms with Crippen molar-refractivity contribution in [3.8, 4) is 11.5 Å². The highest BCUT2D eigenvalue weighted by Gasteiger charge is 2.13. The summed E-state index contributed by atoms with van der Waals surface area (Å²) in [6.45, 7) is 2.36. The van der Waals surface area contributed by atoms with Gasteiger partial charge in [-0.1, -0.05) is 0 Å². The zero-order chi connectivity index (χ0) is 12.1. The number of hydrogen-bond acceptors (Lipinski definition) is 4. The monoisotopic (exact) mass is 225 g/mol. The number of nitrogens with two attached hydrogens (primary N) is 1. The SMILES string of the molecule is COc1cc([C@@H](O)CCN)cc(OC)c1C. The zero-order valence-electron chi connectivity index (χ0n) is 9.99. The lowest BCUT2D eigenvalue weighted by Gasteiger charge is -2.15. The molecule has 4 nitrogen and oxygen atoms in total. The van der Waals surface area contributed by atoms with Crippen LogP contribution in [-0.2, 0) is 0 Å². The summed E-state index contributed by atoms with van der Waals surface area (Å²) in [7, 11) is 3.20. The Hall–Kier alpha value is -1.26. The Bertz CT molecular complexity index is 327. The van der Waals surface area contributed by atoms with Gasteiger partial charge in [-0.25, -0.2) is 0 Å². The van der Waals surface area contributed by atoms with E-state index >= 15 is 0 Å². The number of rotatable bonds is 5. The van der Waals surface area contributed by atoms with Gasteiger partial charge in [-0.3, -0.25) is 0 Å².